The molecule has 2 aromatic carbocycles. The highest BCUT2D eigenvalue weighted by Gasteiger charge is 2.13. The molecule has 0 saturated carbocycles. The summed E-state index contributed by atoms with van der Waals surface area (Å²) in [4.78, 5) is 0. The average Bonchev–Trinajstić information content (AvgIpc) is 2.91. The number of tetrazole rings is 1. The van der Waals surface area contributed by atoms with E-state index in [1.54, 1.807) is 4.68 Å². The van der Waals surface area contributed by atoms with Gasteiger partial charge < -0.3 is 5.73 Å². The first-order valence-electron chi connectivity index (χ1n) is 6.47. The SMILES string of the molecule is Cc1ccc(-n2nnnc2-c2ccc(N)c(C)c2)c(Cl)c1. The van der Waals surface area contributed by atoms with E-state index in [4.69, 9.17) is 17.3 Å². The van der Waals surface area contributed by atoms with Gasteiger partial charge in [0, 0.05) is 11.3 Å². The summed E-state index contributed by atoms with van der Waals surface area (Å²) >= 11 is 6.30. The van der Waals surface area contributed by atoms with Gasteiger partial charge in [0.15, 0.2) is 5.82 Å². The van der Waals surface area contributed by atoms with E-state index in [2.05, 4.69) is 15.5 Å². The van der Waals surface area contributed by atoms with Crippen molar-refractivity contribution in [2.75, 3.05) is 5.73 Å². The van der Waals surface area contributed by atoms with Crippen LogP contribution in [0.1, 0.15) is 11.1 Å². The predicted octanol–water partition coefficient (Wildman–Crippen LogP) is 3.18. The molecule has 21 heavy (non-hydrogen) atoms. The molecule has 3 rings (SSSR count). The van der Waals surface area contributed by atoms with E-state index in [0.29, 0.717) is 10.8 Å². The lowest BCUT2D eigenvalue weighted by atomic mass is 10.1. The van der Waals surface area contributed by atoms with E-state index in [1.165, 1.54) is 0 Å². The van der Waals surface area contributed by atoms with Crippen LogP contribution in [0.15, 0.2) is 36.4 Å². The quantitative estimate of drug-likeness (QED) is 0.738. The van der Waals surface area contributed by atoms with Crippen molar-refractivity contribution in [3.8, 4) is 17.1 Å². The average molecular weight is 300 g/mol. The van der Waals surface area contributed by atoms with Crippen LogP contribution < -0.4 is 5.73 Å². The van der Waals surface area contributed by atoms with E-state index in [1.807, 2.05) is 50.2 Å². The van der Waals surface area contributed by atoms with Gasteiger partial charge >= 0.3 is 0 Å². The van der Waals surface area contributed by atoms with Gasteiger partial charge in [-0.05, 0) is 65.7 Å². The fraction of sp³-hybridized carbons (Fsp3) is 0.133. The summed E-state index contributed by atoms with van der Waals surface area (Å²) in [5.74, 6) is 0.629. The van der Waals surface area contributed by atoms with E-state index in [0.717, 1.165) is 28.1 Å². The zero-order chi connectivity index (χ0) is 15.0. The second kappa shape index (κ2) is 5.18. The highest BCUT2D eigenvalue weighted by Crippen LogP contribution is 2.27. The molecule has 0 unspecified atom stereocenters. The molecular formula is C15H14ClN5. The molecule has 6 heteroatoms. The molecule has 0 aliphatic rings. The number of hydrogen-bond donors (Lipinski definition) is 1. The molecule has 0 aliphatic carbocycles. The molecule has 0 radical (unpaired) electrons. The largest absolute Gasteiger partial charge is 0.399 e. The number of nitrogen functional groups attached to an aromatic ring is 1. The van der Waals surface area contributed by atoms with Crippen molar-refractivity contribution in [1.29, 1.82) is 0 Å². The Morgan fingerprint density at radius 1 is 1.10 bits per heavy atom. The van der Waals surface area contributed by atoms with Gasteiger partial charge in [-0.2, -0.15) is 4.68 Å². The Morgan fingerprint density at radius 3 is 2.62 bits per heavy atom. The topological polar surface area (TPSA) is 69.6 Å². The summed E-state index contributed by atoms with van der Waals surface area (Å²) < 4.78 is 1.63. The van der Waals surface area contributed by atoms with Crippen LogP contribution in [0.5, 0.6) is 0 Å². The van der Waals surface area contributed by atoms with Crippen LogP contribution in [0.3, 0.4) is 0 Å². The first-order valence-corrected chi connectivity index (χ1v) is 6.85. The predicted molar refractivity (Wildman–Crippen MR) is 83.5 cm³/mol. The number of aryl methyl sites for hydroxylation is 2. The lowest BCUT2D eigenvalue weighted by Crippen LogP contribution is -2.01. The van der Waals surface area contributed by atoms with Gasteiger partial charge in [-0.1, -0.05) is 17.7 Å². The Balaban J connectivity index is 2.14. The third-order valence-electron chi connectivity index (χ3n) is 3.33. The summed E-state index contributed by atoms with van der Waals surface area (Å²) in [6.45, 7) is 3.94. The molecule has 5 nitrogen and oxygen atoms in total. The second-order valence-corrected chi connectivity index (χ2v) is 5.35. The van der Waals surface area contributed by atoms with E-state index >= 15 is 0 Å². The summed E-state index contributed by atoms with van der Waals surface area (Å²) in [5.41, 5.74) is 10.3. The monoisotopic (exact) mass is 299 g/mol. The van der Waals surface area contributed by atoms with Crippen LogP contribution in [-0.2, 0) is 0 Å². The van der Waals surface area contributed by atoms with Crippen LogP contribution in [0.25, 0.3) is 17.1 Å². The van der Waals surface area contributed by atoms with Gasteiger partial charge in [-0.3, -0.25) is 0 Å². The van der Waals surface area contributed by atoms with Crippen LogP contribution >= 0.6 is 11.6 Å². The molecule has 0 saturated heterocycles. The van der Waals surface area contributed by atoms with Gasteiger partial charge in [0.2, 0.25) is 0 Å². The third-order valence-corrected chi connectivity index (χ3v) is 3.63. The summed E-state index contributed by atoms with van der Waals surface area (Å²) in [5, 5.41) is 12.5. The van der Waals surface area contributed by atoms with E-state index < -0.39 is 0 Å². The van der Waals surface area contributed by atoms with Gasteiger partial charge in [0.25, 0.3) is 0 Å². The second-order valence-electron chi connectivity index (χ2n) is 4.94. The van der Waals surface area contributed by atoms with Crippen molar-refractivity contribution >= 4 is 17.3 Å². The van der Waals surface area contributed by atoms with Crippen molar-refractivity contribution in [3.05, 3.63) is 52.5 Å². The molecule has 1 heterocycles. The molecular weight excluding hydrogens is 286 g/mol. The van der Waals surface area contributed by atoms with Gasteiger partial charge in [-0.15, -0.1) is 5.10 Å². The van der Waals surface area contributed by atoms with Crippen molar-refractivity contribution in [2.45, 2.75) is 13.8 Å². The fourth-order valence-corrected chi connectivity index (χ4v) is 2.44. The number of hydrogen-bond acceptors (Lipinski definition) is 4. The minimum Gasteiger partial charge on any atom is -0.399 e. The van der Waals surface area contributed by atoms with Crippen LogP contribution in [-0.4, -0.2) is 20.2 Å². The molecule has 3 aromatic rings. The number of aromatic nitrogens is 4. The minimum absolute atomic E-state index is 0.607. The Morgan fingerprint density at radius 2 is 1.90 bits per heavy atom. The summed E-state index contributed by atoms with van der Waals surface area (Å²) in [7, 11) is 0. The number of anilines is 1. The molecule has 0 spiro atoms. The van der Waals surface area contributed by atoms with Crippen molar-refractivity contribution in [3.63, 3.8) is 0 Å². The van der Waals surface area contributed by atoms with E-state index in [-0.39, 0.29) is 0 Å². The lowest BCUT2D eigenvalue weighted by Gasteiger charge is -2.08. The fourth-order valence-electron chi connectivity index (χ4n) is 2.13. The maximum absolute atomic E-state index is 6.30. The number of benzene rings is 2. The number of nitrogens with zero attached hydrogens (tertiary/aromatic N) is 4. The smallest absolute Gasteiger partial charge is 0.187 e. The summed E-state index contributed by atoms with van der Waals surface area (Å²) in [6.07, 6.45) is 0. The molecule has 0 atom stereocenters. The highest BCUT2D eigenvalue weighted by molar-refractivity contribution is 6.32. The van der Waals surface area contributed by atoms with Crippen LogP contribution in [0, 0.1) is 13.8 Å². The minimum atomic E-state index is 0.607. The Kier molecular flexibility index (Phi) is 3.35. The molecule has 0 aliphatic heterocycles. The zero-order valence-corrected chi connectivity index (χ0v) is 12.5. The highest BCUT2D eigenvalue weighted by atomic mass is 35.5. The molecule has 0 fully saturated rings. The van der Waals surface area contributed by atoms with Crippen LogP contribution in [0.4, 0.5) is 5.69 Å². The molecule has 0 bridgehead atoms. The lowest BCUT2D eigenvalue weighted by molar-refractivity contribution is 0.791. The molecule has 0 amide bonds. The Labute approximate surface area is 127 Å². The summed E-state index contributed by atoms with van der Waals surface area (Å²) in [6, 6.07) is 11.5. The standard InChI is InChI=1S/C15H14ClN5/c1-9-3-6-14(12(16)7-9)21-15(18-19-20-21)11-4-5-13(17)10(2)8-11/h3-8H,17H2,1-2H3. The Hall–Kier alpha value is -2.40. The van der Waals surface area contributed by atoms with Crippen molar-refractivity contribution < 1.29 is 0 Å². The maximum atomic E-state index is 6.30. The van der Waals surface area contributed by atoms with Crippen LogP contribution in [0.2, 0.25) is 5.02 Å². The first kappa shape index (κ1) is 13.6. The van der Waals surface area contributed by atoms with Crippen molar-refractivity contribution in [1.82, 2.24) is 20.2 Å². The zero-order valence-electron chi connectivity index (χ0n) is 11.7. The van der Waals surface area contributed by atoms with E-state index in [9.17, 15) is 0 Å². The molecule has 1 aromatic heterocycles. The normalized spacial score (nSPS) is 10.8. The molecule has 2 N–H and O–H groups in total. The number of rotatable bonds is 2. The number of nitrogens with two attached hydrogens (primary N) is 1. The maximum Gasteiger partial charge on any atom is 0.187 e. The Bertz CT molecular complexity index is 810. The van der Waals surface area contributed by atoms with Crippen molar-refractivity contribution in [2.24, 2.45) is 0 Å². The van der Waals surface area contributed by atoms with Gasteiger partial charge in [-0.25, -0.2) is 0 Å². The first-order chi connectivity index (χ1) is 10.1. The third kappa shape index (κ3) is 2.48. The van der Waals surface area contributed by atoms with Gasteiger partial charge in [0.05, 0.1) is 10.7 Å². The number of halogens is 1. The molecule has 106 valence electrons. The van der Waals surface area contributed by atoms with Gasteiger partial charge in [0.1, 0.15) is 0 Å².